The van der Waals surface area contributed by atoms with Gasteiger partial charge in [0.05, 0.1) is 5.29 Å². The van der Waals surface area contributed by atoms with Gasteiger partial charge in [-0.15, -0.1) is 4.91 Å². The maximum absolute atomic E-state index is 10.2. The van der Waals surface area contributed by atoms with Crippen LogP contribution >= 0.6 is 0 Å². The Labute approximate surface area is 201 Å². The molecule has 0 fully saturated rings. The first-order valence-corrected chi connectivity index (χ1v) is 11.9. The van der Waals surface area contributed by atoms with Crippen molar-refractivity contribution in [1.29, 1.82) is 0 Å². The molecule has 13 nitrogen and oxygen atoms in total. The molecule has 0 aromatic rings. The number of hydrogen-bond acceptors (Lipinski definition) is 8. The topological polar surface area (TPSA) is 244 Å². The molecule has 0 bridgehead atoms. The largest absolute Gasteiger partial charge is 0.409 e. The van der Waals surface area contributed by atoms with Gasteiger partial charge in [0.15, 0.2) is 0 Å². The van der Waals surface area contributed by atoms with E-state index in [1.807, 2.05) is 0 Å². The van der Waals surface area contributed by atoms with Gasteiger partial charge in [-0.1, -0.05) is 46.3 Å². The van der Waals surface area contributed by atoms with Crippen molar-refractivity contribution in [1.82, 2.24) is 0 Å². The van der Waals surface area contributed by atoms with E-state index in [-0.39, 0.29) is 28.8 Å². The van der Waals surface area contributed by atoms with Crippen molar-refractivity contribution < 1.29 is 15.6 Å². The van der Waals surface area contributed by atoms with Crippen molar-refractivity contribution in [3.8, 4) is 0 Å². The lowest BCUT2D eigenvalue weighted by Crippen LogP contribution is -2.23. The maximum Gasteiger partial charge on any atom is 0.139 e. The fourth-order valence-electron chi connectivity index (χ4n) is 4.23. The number of unbranched alkanes of at least 4 members (excludes halogenated alkanes) is 4. The Balaban J connectivity index is 5.21. The van der Waals surface area contributed by atoms with E-state index in [0.717, 1.165) is 77.0 Å². The molecule has 0 amide bonds. The number of nitrogens with zero attached hydrogens (tertiary/aromatic N) is 5. The number of nitroso groups, excluding NO2 is 1. The molecule has 0 aliphatic heterocycles. The zero-order chi connectivity index (χ0) is 25.7. The lowest BCUT2D eigenvalue weighted by molar-refractivity contribution is 0.175. The van der Waals surface area contributed by atoms with Crippen LogP contribution < -0.4 is 22.9 Å². The maximum atomic E-state index is 10.2. The fourth-order valence-corrected chi connectivity index (χ4v) is 4.23. The highest BCUT2D eigenvalue weighted by atomic mass is 16.4. The first-order valence-electron chi connectivity index (χ1n) is 11.9. The van der Waals surface area contributed by atoms with Gasteiger partial charge in [-0.05, 0) is 56.8 Å². The van der Waals surface area contributed by atoms with Crippen LogP contribution in [-0.4, -0.2) is 39.0 Å². The molecule has 0 spiro atoms. The number of rotatable bonds is 21. The van der Waals surface area contributed by atoms with Crippen LogP contribution in [0.4, 0.5) is 0 Å². The Morgan fingerprint density at radius 3 is 1.09 bits per heavy atom. The van der Waals surface area contributed by atoms with Crippen LogP contribution in [0.5, 0.6) is 0 Å². The van der Waals surface area contributed by atoms with Gasteiger partial charge in [0.25, 0.3) is 0 Å². The Morgan fingerprint density at radius 1 is 0.529 bits per heavy atom. The highest BCUT2D eigenvalue weighted by Gasteiger charge is 2.28. The summed E-state index contributed by atoms with van der Waals surface area (Å²) in [5, 5.41) is 41.3. The molecule has 0 unspecified atom stereocenters. The first kappa shape index (κ1) is 30.9. The number of oxime groups is 3. The summed E-state index contributed by atoms with van der Waals surface area (Å²) in [4.78, 5) is 10.2. The molecule has 0 rings (SSSR count). The molecular weight excluding hydrogens is 442 g/mol. The molecule has 0 aromatic heterocycles. The van der Waals surface area contributed by atoms with Crippen LogP contribution in [0.1, 0.15) is 103 Å². The predicted molar refractivity (Wildman–Crippen MR) is 134 cm³/mol. The molecule has 0 aromatic carbocycles. The van der Waals surface area contributed by atoms with E-state index < -0.39 is 0 Å². The minimum Gasteiger partial charge on any atom is -0.409 e. The van der Waals surface area contributed by atoms with E-state index in [0.29, 0.717) is 25.7 Å². The van der Waals surface area contributed by atoms with Gasteiger partial charge < -0.3 is 38.6 Å². The van der Waals surface area contributed by atoms with Gasteiger partial charge in [-0.2, -0.15) is 0 Å². The van der Waals surface area contributed by atoms with Crippen molar-refractivity contribution in [2.75, 3.05) is 0 Å². The molecule has 0 aliphatic rings. The quantitative estimate of drug-likeness (QED) is 0.0316. The molecule has 34 heavy (non-hydrogen) atoms. The summed E-state index contributed by atoms with van der Waals surface area (Å²) < 4.78 is 0. The van der Waals surface area contributed by atoms with E-state index in [1.54, 1.807) is 0 Å². The van der Waals surface area contributed by atoms with Gasteiger partial charge in [0.1, 0.15) is 23.3 Å². The van der Waals surface area contributed by atoms with Gasteiger partial charge >= 0.3 is 0 Å². The van der Waals surface area contributed by atoms with Crippen LogP contribution in [0.25, 0.3) is 0 Å². The van der Waals surface area contributed by atoms with Crippen LogP contribution in [-0.2, 0) is 0 Å². The average molecular weight is 486 g/mol. The van der Waals surface area contributed by atoms with E-state index >= 15 is 0 Å². The van der Waals surface area contributed by atoms with E-state index in [4.69, 9.17) is 38.6 Å². The fraction of sp³-hybridized carbons (Fsp3) is 0.810. The van der Waals surface area contributed by atoms with Gasteiger partial charge in [0.2, 0.25) is 0 Å². The van der Waals surface area contributed by atoms with Crippen LogP contribution in [0, 0.1) is 10.3 Å². The molecule has 0 saturated heterocycles. The summed E-state index contributed by atoms with van der Waals surface area (Å²) >= 11 is 0. The van der Waals surface area contributed by atoms with Crippen LogP contribution in [0.3, 0.4) is 0 Å². The summed E-state index contributed by atoms with van der Waals surface area (Å²) in [5.74, 6) is 0.905. The number of amidine groups is 4. The zero-order valence-corrected chi connectivity index (χ0v) is 20.1. The van der Waals surface area contributed by atoms with Crippen LogP contribution in [0.15, 0.2) is 25.9 Å². The predicted octanol–water partition coefficient (Wildman–Crippen LogP) is 3.49. The summed E-state index contributed by atoms with van der Waals surface area (Å²) in [6, 6.07) is 0. The first-order chi connectivity index (χ1) is 16.3. The monoisotopic (exact) mass is 485 g/mol. The third kappa shape index (κ3) is 15.6. The smallest absolute Gasteiger partial charge is 0.139 e. The molecule has 0 radical (unpaired) electrons. The van der Waals surface area contributed by atoms with Crippen LogP contribution in [0.2, 0.25) is 0 Å². The Hall–Kier alpha value is -3.12. The molecule has 0 aliphatic carbocycles. The second-order valence-corrected chi connectivity index (χ2v) is 8.78. The van der Waals surface area contributed by atoms with E-state index in [2.05, 4.69) is 25.9 Å². The van der Waals surface area contributed by atoms with Gasteiger partial charge in [-0.3, -0.25) is 0 Å². The summed E-state index contributed by atoms with van der Waals surface area (Å²) in [5.41, 5.74) is 22.6. The Kier molecular flexibility index (Phi) is 17.6. The Bertz CT molecular complexity index is 617. The highest BCUT2D eigenvalue weighted by molar-refractivity contribution is 5.80. The van der Waals surface area contributed by atoms with Gasteiger partial charge in [0, 0.05) is 25.7 Å². The zero-order valence-electron chi connectivity index (χ0n) is 20.1. The molecule has 0 saturated carbocycles. The SMILES string of the molecule is N/C(CCCCC(CCCC/C(N)=N/O)(CCCC/C(N)=N/O)CCCC/C(N)=N/N=O)=N\O. The molecular formula is C21H43N9O4. The third-order valence-corrected chi connectivity index (χ3v) is 6.11. The normalized spacial score (nSPS) is 13.9. The van der Waals surface area contributed by atoms with Gasteiger partial charge in [-0.25, -0.2) is 0 Å². The molecule has 13 heteroatoms. The van der Waals surface area contributed by atoms with Crippen molar-refractivity contribution in [3.05, 3.63) is 4.91 Å². The summed E-state index contributed by atoms with van der Waals surface area (Å²) in [6.45, 7) is 0. The van der Waals surface area contributed by atoms with Crippen molar-refractivity contribution >= 4 is 23.3 Å². The van der Waals surface area contributed by atoms with Crippen molar-refractivity contribution in [2.45, 2.75) is 103 Å². The second kappa shape index (κ2) is 19.4. The molecule has 0 atom stereocenters. The minimum absolute atomic E-state index is 0.0518. The lowest BCUT2D eigenvalue weighted by atomic mass is 9.70. The average Bonchev–Trinajstić information content (AvgIpc) is 2.84. The lowest BCUT2D eigenvalue weighted by Gasteiger charge is -2.35. The molecule has 196 valence electrons. The summed E-state index contributed by atoms with van der Waals surface area (Å²) in [6.07, 6.45) is 12.9. The second-order valence-electron chi connectivity index (χ2n) is 8.78. The third-order valence-electron chi connectivity index (χ3n) is 6.11. The highest BCUT2D eigenvalue weighted by Crippen LogP contribution is 2.42. The van der Waals surface area contributed by atoms with Crippen molar-refractivity contribution in [2.24, 2.45) is 54.2 Å². The minimum atomic E-state index is 0.0518. The molecule has 11 N–H and O–H groups in total. The molecule has 0 heterocycles. The van der Waals surface area contributed by atoms with Crippen molar-refractivity contribution in [3.63, 3.8) is 0 Å². The number of nitrogens with two attached hydrogens (primary N) is 4. The summed E-state index contributed by atoms with van der Waals surface area (Å²) in [7, 11) is 0. The number of hydrogen-bond donors (Lipinski definition) is 7. The van der Waals surface area contributed by atoms with E-state index in [9.17, 15) is 4.91 Å². The Morgan fingerprint density at radius 2 is 0.824 bits per heavy atom. The standard InChI is InChI=1S/C21H43N9O4/c22-17(26-30-34)9-1-5-13-21(14-6-2-10-18(23)27-31,15-7-3-11-19(24)28-32)16-8-4-12-20(25)29-33/h31-33H,1-16H2,(H2,23,27)(H2,24,28)(H2,25,29)(H2,22,26,34). The van der Waals surface area contributed by atoms with E-state index in [1.165, 1.54) is 0 Å².